The van der Waals surface area contributed by atoms with Crippen molar-refractivity contribution in [3.05, 3.63) is 12.2 Å². The van der Waals surface area contributed by atoms with Crippen LogP contribution in [0.1, 0.15) is 6.42 Å². The minimum absolute atomic E-state index is 0.125. The van der Waals surface area contributed by atoms with Gasteiger partial charge in [0.1, 0.15) is 0 Å². The van der Waals surface area contributed by atoms with E-state index in [4.69, 9.17) is 0 Å². The lowest BCUT2D eigenvalue weighted by molar-refractivity contribution is 0.00810. The Labute approximate surface area is 52.7 Å². The Morgan fingerprint density at radius 3 is 2.89 bits per heavy atom. The van der Waals surface area contributed by atoms with Gasteiger partial charge in [0.05, 0.1) is 6.54 Å². The third-order valence-corrected chi connectivity index (χ3v) is 1.23. The summed E-state index contributed by atoms with van der Waals surface area (Å²) in [6.07, 6.45) is 3.11. The smallest absolute Gasteiger partial charge is 0.263 e. The fourth-order valence-electron chi connectivity index (χ4n) is 0.750. The van der Waals surface area contributed by atoms with Gasteiger partial charge >= 0.3 is 0 Å². The third kappa shape index (κ3) is 2.10. The van der Waals surface area contributed by atoms with Crippen LogP contribution in [0.5, 0.6) is 0 Å². The first-order valence-electron chi connectivity index (χ1n) is 2.94. The average Bonchev–Trinajstić information content (AvgIpc) is 1.92. The van der Waals surface area contributed by atoms with Crippen LogP contribution in [0.3, 0.4) is 0 Å². The zero-order valence-corrected chi connectivity index (χ0v) is 5.03. The summed E-state index contributed by atoms with van der Waals surface area (Å²) < 4.78 is 24.7. The molecule has 1 heterocycles. The number of rotatable bonds is 0. The van der Waals surface area contributed by atoms with Gasteiger partial charge in [-0.05, 0) is 0 Å². The average molecular weight is 133 g/mol. The largest absolute Gasteiger partial charge is 0.308 e. The first kappa shape index (κ1) is 6.68. The molecule has 0 bridgehead atoms. The van der Waals surface area contributed by atoms with Gasteiger partial charge in [-0.25, -0.2) is 8.78 Å². The van der Waals surface area contributed by atoms with Gasteiger partial charge in [-0.15, -0.1) is 0 Å². The van der Waals surface area contributed by atoms with Gasteiger partial charge in [0, 0.05) is 13.0 Å². The summed E-state index contributed by atoms with van der Waals surface area (Å²) in [6, 6.07) is 0. The van der Waals surface area contributed by atoms with Crippen LogP contribution in [0.2, 0.25) is 0 Å². The standard InChI is InChI=1S/C6H9F2N/c7-6(8)3-1-2-4-9-5-6/h1-2,9H,3-5H2. The highest BCUT2D eigenvalue weighted by Crippen LogP contribution is 2.18. The van der Waals surface area contributed by atoms with Gasteiger partial charge in [0.2, 0.25) is 0 Å². The summed E-state index contributed by atoms with van der Waals surface area (Å²) >= 11 is 0. The summed E-state index contributed by atoms with van der Waals surface area (Å²) in [6.45, 7) is 0.371. The van der Waals surface area contributed by atoms with Crippen LogP contribution < -0.4 is 5.32 Å². The van der Waals surface area contributed by atoms with Crippen molar-refractivity contribution in [2.45, 2.75) is 12.3 Å². The van der Waals surface area contributed by atoms with Crippen LogP contribution in [0.15, 0.2) is 12.2 Å². The quantitative estimate of drug-likeness (QED) is 0.489. The molecule has 0 unspecified atom stereocenters. The number of nitrogens with one attached hydrogen (secondary N) is 1. The maximum Gasteiger partial charge on any atom is 0.263 e. The van der Waals surface area contributed by atoms with E-state index in [2.05, 4.69) is 5.32 Å². The van der Waals surface area contributed by atoms with Crippen molar-refractivity contribution in [2.24, 2.45) is 0 Å². The highest BCUT2D eigenvalue weighted by atomic mass is 19.3. The molecule has 0 spiro atoms. The molecule has 1 nitrogen and oxygen atoms in total. The molecule has 1 rings (SSSR count). The molecule has 0 fully saturated rings. The maximum absolute atomic E-state index is 12.4. The molecule has 9 heavy (non-hydrogen) atoms. The molecule has 3 heteroatoms. The minimum Gasteiger partial charge on any atom is -0.308 e. The Balaban J connectivity index is 2.48. The fraction of sp³-hybridized carbons (Fsp3) is 0.667. The molecular formula is C6H9F2N. The normalized spacial score (nSPS) is 25.6. The van der Waals surface area contributed by atoms with E-state index in [9.17, 15) is 8.78 Å². The molecule has 0 amide bonds. The zero-order valence-electron chi connectivity index (χ0n) is 5.03. The summed E-state index contributed by atoms with van der Waals surface area (Å²) in [7, 11) is 0. The van der Waals surface area contributed by atoms with Crippen molar-refractivity contribution in [3.8, 4) is 0 Å². The molecule has 52 valence electrons. The molecule has 1 N–H and O–H groups in total. The van der Waals surface area contributed by atoms with E-state index in [1.54, 1.807) is 6.08 Å². The van der Waals surface area contributed by atoms with E-state index in [0.717, 1.165) is 0 Å². The van der Waals surface area contributed by atoms with Gasteiger partial charge < -0.3 is 5.32 Å². The molecule has 0 aromatic carbocycles. The third-order valence-electron chi connectivity index (χ3n) is 1.23. The Morgan fingerprint density at radius 2 is 2.11 bits per heavy atom. The van der Waals surface area contributed by atoms with E-state index in [0.29, 0.717) is 6.54 Å². The lowest BCUT2D eigenvalue weighted by Gasteiger charge is -2.11. The highest BCUT2D eigenvalue weighted by Gasteiger charge is 2.27. The van der Waals surface area contributed by atoms with Crippen LogP contribution in [-0.2, 0) is 0 Å². The Kier molecular flexibility index (Phi) is 1.81. The van der Waals surface area contributed by atoms with Crippen molar-refractivity contribution < 1.29 is 8.78 Å². The van der Waals surface area contributed by atoms with Crippen LogP contribution in [0, 0.1) is 0 Å². The van der Waals surface area contributed by atoms with E-state index in [1.807, 2.05) is 0 Å². The van der Waals surface area contributed by atoms with E-state index in [1.165, 1.54) is 6.08 Å². The van der Waals surface area contributed by atoms with Crippen molar-refractivity contribution >= 4 is 0 Å². The predicted molar refractivity (Wildman–Crippen MR) is 31.6 cm³/mol. The molecule has 0 radical (unpaired) electrons. The predicted octanol–water partition coefficient (Wildman–Crippen LogP) is 1.17. The lowest BCUT2D eigenvalue weighted by atomic mass is 10.2. The second-order valence-electron chi connectivity index (χ2n) is 2.16. The number of halogens is 2. The number of alkyl halides is 2. The Hall–Kier alpha value is -0.440. The van der Waals surface area contributed by atoms with Gasteiger partial charge in [-0.3, -0.25) is 0 Å². The molecule has 1 aliphatic rings. The number of hydrogen-bond acceptors (Lipinski definition) is 1. The number of allylic oxidation sites excluding steroid dienone is 1. The first-order valence-corrected chi connectivity index (χ1v) is 2.94. The van der Waals surface area contributed by atoms with E-state index >= 15 is 0 Å². The summed E-state index contributed by atoms with van der Waals surface area (Å²) in [5.41, 5.74) is 0. The molecule has 0 saturated heterocycles. The molecule has 0 aromatic heterocycles. The van der Waals surface area contributed by atoms with E-state index in [-0.39, 0.29) is 13.0 Å². The van der Waals surface area contributed by atoms with Gasteiger partial charge in [0.25, 0.3) is 5.92 Å². The summed E-state index contributed by atoms with van der Waals surface area (Å²) in [5.74, 6) is -2.53. The number of hydrogen-bond donors (Lipinski definition) is 1. The zero-order chi connectivity index (χ0) is 6.74. The van der Waals surface area contributed by atoms with E-state index < -0.39 is 5.92 Å². The molecule has 0 atom stereocenters. The topological polar surface area (TPSA) is 12.0 Å². The second-order valence-corrected chi connectivity index (χ2v) is 2.16. The van der Waals surface area contributed by atoms with Gasteiger partial charge in [-0.2, -0.15) is 0 Å². The van der Waals surface area contributed by atoms with Crippen LogP contribution in [0.25, 0.3) is 0 Å². The summed E-state index contributed by atoms with van der Waals surface area (Å²) in [5, 5.41) is 2.60. The van der Waals surface area contributed by atoms with Crippen molar-refractivity contribution in [2.75, 3.05) is 13.1 Å². The molecule has 1 aliphatic heterocycles. The fourth-order valence-corrected chi connectivity index (χ4v) is 0.750. The van der Waals surface area contributed by atoms with Gasteiger partial charge in [0.15, 0.2) is 0 Å². The SMILES string of the molecule is FC1(F)CC=CCNC1. The maximum atomic E-state index is 12.4. The van der Waals surface area contributed by atoms with Crippen molar-refractivity contribution in [1.82, 2.24) is 5.32 Å². The second kappa shape index (κ2) is 2.43. The van der Waals surface area contributed by atoms with Crippen molar-refractivity contribution in [3.63, 3.8) is 0 Å². The van der Waals surface area contributed by atoms with Crippen LogP contribution in [0.4, 0.5) is 8.78 Å². The minimum atomic E-state index is -2.53. The molecular weight excluding hydrogens is 124 g/mol. The Morgan fingerprint density at radius 1 is 1.33 bits per heavy atom. The lowest BCUT2D eigenvalue weighted by Crippen LogP contribution is -2.30. The van der Waals surface area contributed by atoms with Gasteiger partial charge in [-0.1, -0.05) is 12.2 Å². The molecule has 0 saturated carbocycles. The summed E-state index contributed by atoms with van der Waals surface area (Å²) in [4.78, 5) is 0. The molecule has 0 aliphatic carbocycles. The van der Waals surface area contributed by atoms with Crippen molar-refractivity contribution in [1.29, 1.82) is 0 Å². The monoisotopic (exact) mass is 133 g/mol. The van der Waals surface area contributed by atoms with Crippen LogP contribution in [-0.4, -0.2) is 19.0 Å². The Bertz CT molecular complexity index is 120. The highest BCUT2D eigenvalue weighted by molar-refractivity contribution is 4.93. The van der Waals surface area contributed by atoms with Crippen LogP contribution >= 0.6 is 0 Å². The molecule has 0 aromatic rings. The first-order chi connectivity index (χ1) is 4.21.